The summed E-state index contributed by atoms with van der Waals surface area (Å²) in [5, 5.41) is 2.69. The second-order valence-corrected chi connectivity index (χ2v) is 8.70. The van der Waals surface area contributed by atoms with Crippen molar-refractivity contribution in [2.45, 2.75) is 45.1 Å². The van der Waals surface area contributed by atoms with E-state index in [4.69, 9.17) is 0 Å². The minimum absolute atomic E-state index is 0.208. The average molecular weight is 410 g/mol. The molecule has 2 aromatic rings. The van der Waals surface area contributed by atoms with Gasteiger partial charge in [0.25, 0.3) is 0 Å². The van der Waals surface area contributed by atoms with E-state index in [0.29, 0.717) is 5.92 Å². The van der Waals surface area contributed by atoms with Gasteiger partial charge in [0, 0.05) is 19.6 Å². The van der Waals surface area contributed by atoms with Crippen molar-refractivity contribution in [1.29, 1.82) is 0 Å². The molecule has 2 aromatic carbocycles. The number of halogens is 1. The highest BCUT2D eigenvalue weighted by Gasteiger charge is 2.23. The predicted molar refractivity (Wildman–Crippen MR) is 119 cm³/mol. The molecule has 0 radical (unpaired) electrons. The van der Waals surface area contributed by atoms with E-state index in [-0.39, 0.29) is 11.7 Å². The summed E-state index contributed by atoms with van der Waals surface area (Å²) < 4.78 is 13.7. The van der Waals surface area contributed by atoms with Crippen LogP contribution >= 0.6 is 0 Å². The number of anilines is 1. The van der Waals surface area contributed by atoms with Crippen LogP contribution in [-0.2, 0) is 13.0 Å². The molecular formula is C25H32FN3O. The molecule has 0 atom stereocenters. The third-order valence-electron chi connectivity index (χ3n) is 6.42. The Balaban J connectivity index is 1.22. The van der Waals surface area contributed by atoms with Gasteiger partial charge in [-0.15, -0.1) is 0 Å². The molecule has 0 spiro atoms. The van der Waals surface area contributed by atoms with Crippen molar-refractivity contribution in [3.8, 4) is 0 Å². The number of benzene rings is 2. The number of likely N-dealkylation sites (tertiary alicyclic amines) is 2. The SMILES string of the molecule is O=C(Nc1ccccc1F)N1CCC(Cc2ccc(CN3CCCCC3)cc2)CC1. The second kappa shape index (κ2) is 10.1. The molecule has 2 amide bonds. The van der Waals surface area contributed by atoms with Crippen LogP contribution in [0, 0.1) is 11.7 Å². The summed E-state index contributed by atoms with van der Waals surface area (Å²) in [5.74, 6) is 0.194. The fourth-order valence-corrected chi connectivity index (χ4v) is 4.59. The van der Waals surface area contributed by atoms with Gasteiger partial charge < -0.3 is 10.2 Å². The van der Waals surface area contributed by atoms with Gasteiger partial charge in [-0.05, 0) is 74.4 Å². The molecule has 0 aliphatic carbocycles. The molecule has 0 bridgehead atoms. The lowest BCUT2D eigenvalue weighted by Gasteiger charge is -2.32. The van der Waals surface area contributed by atoms with E-state index in [9.17, 15) is 9.18 Å². The number of urea groups is 1. The van der Waals surface area contributed by atoms with E-state index in [1.807, 2.05) is 0 Å². The Morgan fingerprint density at radius 1 is 0.900 bits per heavy atom. The zero-order chi connectivity index (χ0) is 20.8. The topological polar surface area (TPSA) is 35.6 Å². The maximum Gasteiger partial charge on any atom is 0.321 e. The summed E-state index contributed by atoms with van der Waals surface area (Å²) >= 11 is 0. The zero-order valence-electron chi connectivity index (χ0n) is 17.7. The fraction of sp³-hybridized carbons (Fsp3) is 0.480. The molecule has 2 fully saturated rings. The van der Waals surface area contributed by atoms with Gasteiger partial charge in [0.2, 0.25) is 0 Å². The number of nitrogens with zero attached hydrogens (tertiary/aromatic N) is 2. The van der Waals surface area contributed by atoms with E-state index in [2.05, 4.69) is 34.5 Å². The molecule has 5 heteroatoms. The van der Waals surface area contributed by atoms with Crippen LogP contribution in [-0.4, -0.2) is 42.0 Å². The third kappa shape index (κ3) is 5.60. The summed E-state index contributed by atoms with van der Waals surface area (Å²) in [4.78, 5) is 16.8. The van der Waals surface area contributed by atoms with Gasteiger partial charge in [0.15, 0.2) is 0 Å². The zero-order valence-corrected chi connectivity index (χ0v) is 17.7. The highest BCUT2D eigenvalue weighted by atomic mass is 19.1. The number of hydrogen-bond acceptors (Lipinski definition) is 2. The smallest absolute Gasteiger partial charge is 0.321 e. The molecule has 4 nitrogen and oxygen atoms in total. The molecule has 2 saturated heterocycles. The van der Waals surface area contributed by atoms with Crippen LogP contribution in [0.15, 0.2) is 48.5 Å². The fourth-order valence-electron chi connectivity index (χ4n) is 4.59. The molecule has 0 saturated carbocycles. The van der Waals surface area contributed by atoms with Crippen molar-refractivity contribution in [3.63, 3.8) is 0 Å². The van der Waals surface area contributed by atoms with Gasteiger partial charge in [-0.1, -0.05) is 42.8 Å². The first-order valence-corrected chi connectivity index (χ1v) is 11.3. The molecule has 2 aliphatic rings. The normalized spacial score (nSPS) is 18.4. The predicted octanol–water partition coefficient (Wildman–Crippen LogP) is 5.30. The highest BCUT2D eigenvalue weighted by Crippen LogP contribution is 2.23. The van der Waals surface area contributed by atoms with Gasteiger partial charge in [-0.3, -0.25) is 4.90 Å². The Morgan fingerprint density at radius 2 is 1.57 bits per heavy atom. The van der Waals surface area contributed by atoms with Crippen LogP contribution in [0.3, 0.4) is 0 Å². The Hall–Kier alpha value is -2.40. The maximum absolute atomic E-state index is 13.7. The Morgan fingerprint density at radius 3 is 2.27 bits per heavy atom. The van der Waals surface area contributed by atoms with Crippen LogP contribution < -0.4 is 5.32 Å². The lowest BCUT2D eigenvalue weighted by Crippen LogP contribution is -2.41. The van der Waals surface area contributed by atoms with E-state index >= 15 is 0 Å². The lowest BCUT2D eigenvalue weighted by molar-refractivity contribution is 0.182. The number of nitrogens with one attached hydrogen (secondary N) is 1. The van der Waals surface area contributed by atoms with Gasteiger partial charge in [0.05, 0.1) is 5.69 Å². The molecule has 4 rings (SSSR count). The number of carbonyl (C=O) groups is 1. The van der Waals surface area contributed by atoms with Crippen LogP contribution in [0.1, 0.15) is 43.2 Å². The molecule has 160 valence electrons. The summed E-state index contributed by atoms with van der Waals surface area (Å²) in [6.45, 7) is 4.96. The van der Waals surface area contributed by atoms with Crippen LogP contribution in [0.25, 0.3) is 0 Å². The number of piperidine rings is 2. The van der Waals surface area contributed by atoms with Crippen molar-refractivity contribution in [3.05, 3.63) is 65.5 Å². The first-order chi connectivity index (χ1) is 14.7. The number of carbonyl (C=O) groups excluding carboxylic acids is 1. The molecule has 2 heterocycles. The van der Waals surface area contributed by atoms with E-state index in [1.54, 1.807) is 23.1 Å². The summed E-state index contributed by atoms with van der Waals surface area (Å²) in [6, 6.07) is 15.2. The van der Waals surface area contributed by atoms with Crippen molar-refractivity contribution in [2.75, 3.05) is 31.5 Å². The van der Waals surface area contributed by atoms with Crippen molar-refractivity contribution >= 4 is 11.7 Å². The minimum Gasteiger partial charge on any atom is -0.325 e. The second-order valence-electron chi connectivity index (χ2n) is 8.70. The number of rotatable bonds is 5. The molecule has 30 heavy (non-hydrogen) atoms. The maximum atomic E-state index is 13.7. The number of hydrogen-bond donors (Lipinski definition) is 1. The highest BCUT2D eigenvalue weighted by molar-refractivity contribution is 5.89. The van der Waals surface area contributed by atoms with Gasteiger partial charge in [0.1, 0.15) is 5.82 Å². The third-order valence-corrected chi connectivity index (χ3v) is 6.42. The number of amides is 2. The largest absolute Gasteiger partial charge is 0.325 e. The molecular weight excluding hydrogens is 377 g/mol. The molecule has 1 N–H and O–H groups in total. The van der Waals surface area contributed by atoms with Gasteiger partial charge >= 0.3 is 6.03 Å². The number of para-hydroxylation sites is 1. The van der Waals surface area contributed by atoms with Crippen molar-refractivity contribution in [1.82, 2.24) is 9.80 Å². The standard InChI is InChI=1S/C25H32FN3O/c26-23-6-2-3-7-24(23)27-25(30)29-16-12-21(13-17-29)18-20-8-10-22(11-9-20)19-28-14-4-1-5-15-28/h2-3,6-11,21H,1,4-5,12-19H2,(H,27,30). The van der Waals surface area contributed by atoms with Gasteiger partial charge in [-0.25, -0.2) is 9.18 Å². The van der Waals surface area contributed by atoms with Crippen molar-refractivity contribution < 1.29 is 9.18 Å². The van der Waals surface area contributed by atoms with E-state index in [0.717, 1.165) is 38.9 Å². The summed E-state index contributed by atoms with van der Waals surface area (Å²) in [6.07, 6.45) is 7.07. The summed E-state index contributed by atoms with van der Waals surface area (Å²) in [7, 11) is 0. The first kappa shape index (κ1) is 20.9. The monoisotopic (exact) mass is 409 g/mol. The minimum atomic E-state index is -0.399. The molecule has 0 aromatic heterocycles. The Kier molecular flexibility index (Phi) is 7.00. The lowest BCUT2D eigenvalue weighted by atomic mass is 9.90. The summed E-state index contributed by atoms with van der Waals surface area (Å²) in [5.41, 5.74) is 3.03. The quantitative estimate of drug-likeness (QED) is 0.727. The van der Waals surface area contributed by atoms with Crippen LogP contribution in [0.5, 0.6) is 0 Å². The first-order valence-electron chi connectivity index (χ1n) is 11.3. The van der Waals surface area contributed by atoms with Gasteiger partial charge in [-0.2, -0.15) is 0 Å². The van der Waals surface area contributed by atoms with Crippen LogP contribution in [0.2, 0.25) is 0 Å². The van der Waals surface area contributed by atoms with Crippen molar-refractivity contribution in [2.24, 2.45) is 5.92 Å². The average Bonchev–Trinajstić information content (AvgIpc) is 2.78. The Labute approximate surface area is 179 Å². The van der Waals surface area contributed by atoms with E-state index in [1.165, 1.54) is 49.5 Å². The molecule has 2 aliphatic heterocycles. The van der Waals surface area contributed by atoms with Crippen LogP contribution in [0.4, 0.5) is 14.9 Å². The molecule has 0 unspecified atom stereocenters. The van der Waals surface area contributed by atoms with E-state index < -0.39 is 5.82 Å². The Bertz CT molecular complexity index is 825.